The number of methoxy groups -OCH3 is 1. The van der Waals surface area contributed by atoms with Gasteiger partial charge in [0.25, 0.3) is 0 Å². The molecule has 2 rings (SSSR count). The Balaban J connectivity index is 1.79. The van der Waals surface area contributed by atoms with Crippen molar-refractivity contribution < 1.29 is 9.53 Å². The first-order valence-corrected chi connectivity index (χ1v) is 6.23. The molecule has 1 amide bonds. The summed E-state index contributed by atoms with van der Waals surface area (Å²) in [5, 5.41) is 10.1. The second kappa shape index (κ2) is 6.55. The molecule has 0 aliphatic heterocycles. The number of carbonyl (C=O) groups excluding carboxylic acids is 1. The third-order valence-electron chi connectivity index (χ3n) is 2.77. The van der Waals surface area contributed by atoms with E-state index in [9.17, 15) is 4.79 Å². The van der Waals surface area contributed by atoms with Gasteiger partial charge in [0.15, 0.2) is 5.82 Å². The molecular formula is C13H17N5O2. The predicted molar refractivity (Wildman–Crippen MR) is 74.1 cm³/mol. The lowest BCUT2D eigenvalue weighted by molar-refractivity contribution is -0.121. The van der Waals surface area contributed by atoms with E-state index in [4.69, 9.17) is 10.5 Å². The zero-order valence-electron chi connectivity index (χ0n) is 11.2. The van der Waals surface area contributed by atoms with Crippen LogP contribution in [-0.2, 0) is 17.8 Å². The van der Waals surface area contributed by atoms with Crippen LogP contribution in [0.4, 0.5) is 5.82 Å². The molecule has 0 saturated heterocycles. The van der Waals surface area contributed by atoms with Gasteiger partial charge in [-0.1, -0.05) is 23.4 Å². The summed E-state index contributed by atoms with van der Waals surface area (Å²) in [7, 11) is 1.63. The first-order chi connectivity index (χ1) is 9.69. The van der Waals surface area contributed by atoms with Gasteiger partial charge in [0, 0.05) is 6.54 Å². The van der Waals surface area contributed by atoms with Crippen molar-refractivity contribution >= 4 is 11.7 Å². The van der Waals surface area contributed by atoms with Gasteiger partial charge < -0.3 is 15.8 Å². The Labute approximate surface area is 116 Å². The summed E-state index contributed by atoms with van der Waals surface area (Å²) in [6.45, 7) is 0.638. The third-order valence-corrected chi connectivity index (χ3v) is 2.77. The molecule has 3 N–H and O–H groups in total. The number of nitrogens with zero attached hydrogens (tertiary/aromatic N) is 3. The number of ether oxygens (including phenoxy) is 1. The maximum Gasteiger partial charge on any atom is 0.241 e. The van der Waals surface area contributed by atoms with E-state index in [2.05, 4.69) is 15.6 Å². The summed E-state index contributed by atoms with van der Waals surface area (Å²) in [5.74, 6) is 0.988. The van der Waals surface area contributed by atoms with Crippen LogP contribution >= 0.6 is 0 Å². The van der Waals surface area contributed by atoms with Crippen molar-refractivity contribution in [2.24, 2.45) is 0 Å². The second-order valence-corrected chi connectivity index (χ2v) is 4.25. The SMILES string of the molecule is COc1ccccc1CCNC(=O)Cn1cc(N)nn1. The summed E-state index contributed by atoms with van der Waals surface area (Å²) in [6, 6.07) is 7.73. The zero-order valence-corrected chi connectivity index (χ0v) is 11.2. The van der Waals surface area contributed by atoms with Gasteiger partial charge >= 0.3 is 0 Å². The Kier molecular flexibility index (Phi) is 4.54. The lowest BCUT2D eigenvalue weighted by Gasteiger charge is -2.09. The lowest BCUT2D eigenvalue weighted by Crippen LogP contribution is -2.29. The van der Waals surface area contributed by atoms with E-state index in [1.807, 2.05) is 24.3 Å². The lowest BCUT2D eigenvalue weighted by atomic mass is 10.1. The minimum absolute atomic E-state index is 0.107. The van der Waals surface area contributed by atoms with Crippen LogP contribution in [0.15, 0.2) is 30.5 Å². The molecule has 2 aromatic rings. The molecule has 0 spiro atoms. The fourth-order valence-electron chi connectivity index (χ4n) is 1.84. The number of anilines is 1. The van der Waals surface area contributed by atoms with Crippen LogP contribution in [0.2, 0.25) is 0 Å². The summed E-state index contributed by atoms with van der Waals surface area (Å²) >= 11 is 0. The van der Waals surface area contributed by atoms with Crippen LogP contribution in [0, 0.1) is 0 Å². The topological polar surface area (TPSA) is 95.1 Å². The van der Waals surface area contributed by atoms with Gasteiger partial charge in [0.1, 0.15) is 12.3 Å². The number of hydrogen-bond acceptors (Lipinski definition) is 5. The summed E-state index contributed by atoms with van der Waals surface area (Å²) < 4.78 is 6.65. The molecule has 0 saturated carbocycles. The van der Waals surface area contributed by atoms with E-state index >= 15 is 0 Å². The zero-order chi connectivity index (χ0) is 14.4. The molecule has 0 aliphatic rings. The Hall–Kier alpha value is -2.57. The molecule has 0 radical (unpaired) electrons. The molecule has 0 aliphatic carbocycles. The highest BCUT2D eigenvalue weighted by Gasteiger charge is 2.06. The van der Waals surface area contributed by atoms with E-state index in [1.54, 1.807) is 7.11 Å². The number of carbonyl (C=O) groups is 1. The minimum Gasteiger partial charge on any atom is -0.496 e. The van der Waals surface area contributed by atoms with Crippen LogP contribution in [0.5, 0.6) is 5.75 Å². The predicted octanol–water partition coefficient (Wildman–Crippen LogP) is 0.228. The van der Waals surface area contributed by atoms with Gasteiger partial charge in [-0.25, -0.2) is 4.68 Å². The van der Waals surface area contributed by atoms with Crippen LogP contribution in [0.3, 0.4) is 0 Å². The summed E-state index contributed by atoms with van der Waals surface area (Å²) in [6.07, 6.45) is 2.22. The minimum atomic E-state index is -0.134. The van der Waals surface area contributed by atoms with Crippen LogP contribution < -0.4 is 15.8 Å². The normalized spacial score (nSPS) is 10.2. The number of para-hydroxylation sites is 1. The van der Waals surface area contributed by atoms with Gasteiger partial charge in [-0.05, 0) is 18.1 Å². The van der Waals surface area contributed by atoms with E-state index in [0.29, 0.717) is 18.8 Å². The average Bonchev–Trinajstić information content (AvgIpc) is 2.84. The van der Waals surface area contributed by atoms with Crippen LogP contribution in [0.25, 0.3) is 0 Å². The van der Waals surface area contributed by atoms with E-state index in [0.717, 1.165) is 11.3 Å². The monoisotopic (exact) mass is 275 g/mol. The molecule has 1 heterocycles. The van der Waals surface area contributed by atoms with Gasteiger partial charge in [-0.15, -0.1) is 5.10 Å². The van der Waals surface area contributed by atoms with Crippen molar-refractivity contribution in [3.8, 4) is 5.75 Å². The number of nitrogens with one attached hydrogen (secondary N) is 1. The number of hydrogen-bond donors (Lipinski definition) is 2. The van der Waals surface area contributed by atoms with Crippen LogP contribution in [0.1, 0.15) is 5.56 Å². The molecular weight excluding hydrogens is 258 g/mol. The molecule has 0 fully saturated rings. The van der Waals surface area contributed by atoms with Gasteiger partial charge in [-0.3, -0.25) is 4.79 Å². The summed E-state index contributed by atoms with van der Waals surface area (Å²) in [5.41, 5.74) is 6.48. The number of nitrogen functional groups attached to an aromatic ring is 1. The molecule has 0 unspecified atom stereocenters. The second-order valence-electron chi connectivity index (χ2n) is 4.25. The number of benzene rings is 1. The fraction of sp³-hybridized carbons (Fsp3) is 0.308. The molecule has 0 bridgehead atoms. The molecule has 7 heteroatoms. The smallest absolute Gasteiger partial charge is 0.241 e. The van der Waals surface area contributed by atoms with E-state index in [-0.39, 0.29) is 12.5 Å². The first-order valence-electron chi connectivity index (χ1n) is 6.23. The van der Waals surface area contributed by atoms with E-state index < -0.39 is 0 Å². The van der Waals surface area contributed by atoms with E-state index in [1.165, 1.54) is 10.9 Å². The quantitative estimate of drug-likeness (QED) is 0.786. The Morgan fingerprint density at radius 3 is 2.95 bits per heavy atom. The summed E-state index contributed by atoms with van der Waals surface area (Å²) in [4.78, 5) is 11.7. The van der Waals surface area contributed by atoms with Gasteiger partial charge in [0.05, 0.1) is 13.3 Å². The highest BCUT2D eigenvalue weighted by molar-refractivity contribution is 5.75. The largest absolute Gasteiger partial charge is 0.496 e. The number of amides is 1. The standard InChI is InChI=1S/C13H17N5O2/c1-20-11-5-3-2-4-10(11)6-7-15-13(19)9-18-8-12(14)16-17-18/h2-5,8H,6-7,9,14H2,1H3,(H,15,19). The van der Waals surface area contributed by atoms with Gasteiger partial charge in [0.2, 0.25) is 5.91 Å². The van der Waals surface area contributed by atoms with Crippen LogP contribution in [-0.4, -0.2) is 34.6 Å². The van der Waals surface area contributed by atoms with Crippen molar-refractivity contribution in [2.45, 2.75) is 13.0 Å². The first kappa shape index (κ1) is 13.9. The Morgan fingerprint density at radius 1 is 1.45 bits per heavy atom. The third kappa shape index (κ3) is 3.71. The molecule has 20 heavy (non-hydrogen) atoms. The molecule has 7 nitrogen and oxygen atoms in total. The van der Waals surface area contributed by atoms with Crippen molar-refractivity contribution in [3.63, 3.8) is 0 Å². The van der Waals surface area contributed by atoms with Crippen molar-refractivity contribution in [2.75, 3.05) is 19.4 Å². The molecule has 0 atom stereocenters. The van der Waals surface area contributed by atoms with Crippen molar-refractivity contribution in [3.05, 3.63) is 36.0 Å². The Bertz CT molecular complexity index is 582. The maximum atomic E-state index is 11.7. The number of rotatable bonds is 6. The van der Waals surface area contributed by atoms with Gasteiger partial charge in [-0.2, -0.15) is 0 Å². The highest BCUT2D eigenvalue weighted by atomic mass is 16.5. The molecule has 106 valence electrons. The van der Waals surface area contributed by atoms with Crippen molar-refractivity contribution in [1.82, 2.24) is 20.3 Å². The van der Waals surface area contributed by atoms with Crippen molar-refractivity contribution in [1.29, 1.82) is 0 Å². The Morgan fingerprint density at radius 2 is 2.25 bits per heavy atom. The number of nitrogens with two attached hydrogens (primary N) is 1. The fourth-order valence-corrected chi connectivity index (χ4v) is 1.84. The highest BCUT2D eigenvalue weighted by Crippen LogP contribution is 2.17. The number of aromatic nitrogens is 3. The average molecular weight is 275 g/mol. The maximum absolute atomic E-state index is 11.7. The molecule has 1 aromatic carbocycles. The molecule has 1 aromatic heterocycles.